The highest BCUT2D eigenvalue weighted by Gasteiger charge is 2.69. The molecule has 0 unspecified atom stereocenters. The Labute approximate surface area is 172 Å². The maximum atomic E-state index is 14.1. The molecule has 30 heavy (non-hydrogen) atoms. The van der Waals surface area contributed by atoms with E-state index < -0.39 is 35.6 Å². The zero-order valence-electron chi connectivity index (χ0n) is 16.4. The van der Waals surface area contributed by atoms with Gasteiger partial charge in [0.25, 0.3) is 5.91 Å². The normalized spacial score (nSPS) is 37.6. The van der Waals surface area contributed by atoms with E-state index in [4.69, 9.17) is 0 Å². The summed E-state index contributed by atoms with van der Waals surface area (Å²) in [5.74, 6) is -0.272. The highest BCUT2D eigenvalue weighted by atomic mass is 19.4. The summed E-state index contributed by atoms with van der Waals surface area (Å²) in [5.41, 5.74) is -4.11. The van der Waals surface area contributed by atoms with Gasteiger partial charge in [-0.25, -0.2) is 4.79 Å². The average molecular weight is 420 g/mol. The van der Waals surface area contributed by atoms with Gasteiger partial charge in [0.2, 0.25) is 5.54 Å². The van der Waals surface area contributed by atoms with Gasteiger partial charge in [0.15, 0.2) is 5.78 Å². The van der Waals surface area contributed by atoms with Crippen LogP contribution in [0.25, 0.3) is 0 Å². The van der Waals surface area contributed by atoms with Crippen molar-refractivity contribution in [3.63, 3.8) is 0 Å². The van der Waals surface area contributed by atoms with Gasteiger partial charge in [-0.2, -0.15) is 13.2 Å². The number of carbonyl (C=O) groups excluding carboxylic acids is 3. The van der Waals surface area contributed by atoms with Crippen molar-refractivity contribution in [3.05, 3.63) is 35.9 Å². The third kappa shape index (κ3) is 2.65. The van der Waals surface area contributed by atoms with Crippen LogP contribution in [-0.2, 0) is 15.1 Å². The van der Waals surface area contributed by atoms with Crippen molar-refractivity contribution in [1.82, 2.24) is 10.2 Å². The standard InChI is InChI=1S/C22H23F3N2O3/c23-22(24,25)21(16-4-2-1-3-5-16)18(29)27(19(30)26-21)12-17(28)20-9-13-6-14(10-20)8-15(7-13)11-20/h1-5,13-15H,6-12H2,(H,26,30)/t13?,14?,15?,20?,21-/m0/s1. The number of carbonyl (C=O) groups is 3. The smallest absolute Gasteiger partial charge is 0.312 e. The van der Waals surface area contributed by atoms with E-state index in [9.17, 15) is 27.6 Å². The number of alkyl halides is 3. The fourth-order valence-electron chi connectivity index (χ4n) is 6.72. The van der Waals surface area contributed by atoms with E-state index in [0.717, 1.165) is 50.7 Å². The van der Waals surface area contributed by atoms with Gasteiger partial charge in [0, 0.05) is 5.41 Å². The van der Waals surface area contributed by atoms with Gasteiger partial charge in [0.05, 0.1) is 6.54 Å². The zero-order chi connectivity index (χ0) is 21.3. The molecule has 1 aromatic carbocycles. The minimum Gasteiger partial charge on any atom is -0.312 e. The van der Waals surface area contributed by atoms with Crippen molar-refractivity contribution in [2.45, 2.75) is 50.2 Å². The summed E-state index contributed by atoms with van der Waals surface area (Å²) in [5, 5.41) is 1.86. The Morgan fingerprint density at radius 2 is 1.53 bits per heavy atom. The van der Waals surface area contributed by atoms with Crippen LogP contribution in [0.1, 0.15) is 44.1 Å². The molecule has 1 heterocycles. The first-order valence-electron chi connectivity index (χ1n) is 10.4. The van der Waals surface area contributed by atoms with Gasteiger partial charge in [-0.05, 0) is 61.8 Å². The first kappa shape index (κ1) is 19.6. The molecule has 4 aliphatic carbocycles. The van der Waals surface area contributed by atoms with Crippen molar-refractivity contribution >= 4 is 17.7 Å². The lowest BCUT2D eigenvalue weighted by Crippen LogP contribution is -2.56. The van der Waals surface area contributed by atoms with E-state index in [2.05, 4.69) is 0 Å². The zero-order valence-corrected chi connectivity index (χ0v) is 16.4. The van der Waals surface area contributed by atoms with Crippen molar-refractivity contribution in [3.8, 4) is 0 Å². The Hall–Kier alpha value is -2.38. The number of urea groups is 1. The summed E-state index contributed by atoms with van der Waals surface area (Å²) in [6.07, 6.45) is 0.474. The van der Waals surface area contributed by atoms with Crippen LogP contribution in [0.2, 0.25) is 0 Å². The van der Waals surface area contributed by atoms with Gasteiger partial charge in [-0.1, -0.05) is 30.3 Å². The summed E-state index contributed by atoms with van der Waals surface area (Å²) in [7, 11) is 0. The highest BCUT2D eigenvalue weighted by molar-refractivity contribution is 6.10. The monoisotopic (exact) mass is 420 g/mol. The Bertz CT molecular complexity index is 879. The summed E-state index contributed by atoms with van der Waals surface area (Å²) in [4.78, 5) is 39.3. The predicted octanol–water partition coefficient (Wildman–Crippen LogP) is 3.78. The van der Waals surface area contributed by atoms with Crippen LogP contribution >= 0.6 is 0 Å². The second kappa shape index (κ2) is 6.31. The maximum absolute atomic E-state index is 14.1. The van der Waals surface area contributed by atoms with Crippen LogP contribution in [0, 0.1) is 23.2 Å². The maximum Gasteiger partial charge on any atom is 0.425 e. The number of rotatable bonds is 4. The number of imide groups is 1. The highest BCUT2D eigenvalue weighted by Crippen LogP contribution is 2.60. The molecule has 1 aromatic rings. The van der Waals surface area contributed by atoms with Crippen molar-refractivity contribution in [2.75, 3.05) is 6.54 Å². The average Bonchev–Trinajstić information content (AvgIpc) is 2.93. The second-order valence-electron chi connectivity index (χ2n) is 9.56. The second-order valence-corrected chi connectivity index (χ2v) is 9.56. The largest absolute Gasteiger partial charge is 0.425 e. The fraction of sp³-hybridized carbons (Fsp3) is 0.591. The number of ketones is 1. The Morgan fingerprint density at radius 1 is 1.00 bits per heavy atom. The Balaban J connectivity index is 1.44. The van der Waals surface area contributed by atoms with E-state index in [-0.39, 0.29) is 11.3 Å². The minimum absolute atomic E-state index is 0.267. The molecule has 4 saturated carbocycles. The minimum atomic E-state index is -5.04. The number of halogens is 3. The number of amides is 3. The molecule has 1 atom stereocenters. The Morgan fingerprint density at radius 3 is 2.03 bits per heavy atom. The number of Topliss-reactive ketones (excluding diaryl/α,β-unsaturated/α-hetero) is 1. The third-order valence-electron chi connectivity index (χ3n) is 7.67. The number of hydrogen-bond acceptors (Lipinski definition) is 3. The van der Waals surface area contributed by atoms with Gasteiger partial charge in [-0.15, -0.1) is 0 Å². The van der Waals surface area contributed by atoms with Crippen LogP contribution in [0.3, 0.4) is 0 Å². The van der Waals surface area contributed by atoms with Crippen molar-refractivity contribution < 1.29 is 27.6 Å². The van der Waals surface area contributed by atoms with Gasteiger partial charge < -0.3 is 5.32 Å². The van der Waals surface area contributed by atoms with E-state index in [1.165, 1.54) is 18.2 Å². The van der Waals surface area contributed by atoms with Crippen LogP contribution in [0.4, 0.5) is 18.0 Å². The molecule has 0 radical (unpaired) electrons. The molecule has 160 valence electrons. The molecule has 6 rings (SSSR count). The summed E-state index contributed by atoms with van der Waals surface area (Å²) in [6, 6.07) is 5.45. The lowest BCUT2D eigenvalue weighted by atomic mass is 9.48. The predicted molar refractivity (Wildman–Crippen MR) is 100 cm³/mol. The molecule has 0 aromatic heterocycles. The molecule has 1 saturated heterocycles. The van der Waals surface area contributed by atoms with Crippen molar-refractivity contribution in [1.29, 1.82) is 0 Å². The van der Waals surface area contributed by atoms with Gasteiger partial charge >= 0.3 is 12.2 Å². The van der Waals surface area contributed by atoms with Crippen LogP contribution < -0.4 is 5.32 Å². The summed E-state index contributed by atoms with van der Waals surface area (Å²) in [6.45, 7) is -0.596. The van der Waals surface area contributed by atoms with Crippen LogP contribution in [0.5, 0.6) is 0 Å². The number of hydrogen-bond donors (Lipinski definition) is 1. The van der Waals surface area contributed by atoms with E-state index in [1.54, 1.807) is 0 Å². The molecule has 1 N–H and O–H groups in total. The molecule has 5 fully saturated rings. The Kier molecular flexibility index (Phi) is 4.12. The molecule has 0 spiro atoms. The molecular weight excluding hydrogens is 397 g/mol. The van der Waals surface area contributed by atoms with Crippen LogP contribution in [-0.4, -0.2) is 35.3 Å². The quantitative estimate of drug-likeness (QED) is 0.754. The van der Waals surface area contributed by atoms with Gasteiger partial charge in [-0.3, -0.25) is 14.5 Å². The van der Waals surface area contributed by atoms with Crippen molar-refractivity contribution in [2.24, 2.45) is 23.2 Å². The number of nitrogens with zero attached hydrogens (tertiary/aromatic N) is 1. The van der Waals surface area contributed by atoms with Gasteiger partial charge in [0.1, 0.15) is 0 Å². The van der Waals surface area contributed by atoms with E-state index in [0.29, 0.717) is 22.7 Å². The molecular formula is C22H23F3N2O3. The summed E-state index contributed by atoms with van der Waals surface area (Å²) < 4.78 is 42.3. The number of benzene rings is 1. The third-order valence-corrected chi connectivity index (χ3v) is 7.67. The lowest BCUT2D eigenvalue weighted by Gasteiger charge is -2.56. The first-order valence-corrected chi connectivity index (χ1v) is 10.4. The molecule has 4 bridgehead atoms. The van der Waals surface area contributed by atoms with Crippen LogP contribution in [0.15, 0.2) is 30.3 Å². The topological polar surface area (TPSA) is 66.5 Å². The lowest BCUT2D eigenvalue weighted by molar-refractivity contribution is -0.198. The molecule has 5 nitrogen and oxygen atoms in total. The van der Waals surface area contributed by atoms with E-state index in [1.807, 2.05) is 5.32 Å². The first-order chi connectivity index (χ1) is 14.1. The van der Waals surface area contributed by atoms with E-state index >= 15 is 0 Å². The molecule has 8 heteroatoms. The summed E-state index contributed by atoms with van der Waals surface area (Å²) >= 11 is 0. The molecule has 1 aliphatic heterocycles. The fourth-order valence-corrected chi connectivity index (χ4v) is 6.72. The molecule has 3 amide bonds. The SMILES string of the molecule is O=C1N[C@](c2ccccc2)(C(F)(F)F)C(=O)N1CC(=O)C12CC3CC(CC(C3)C1)C2. The molecule has 5 aliphatic rings. The number of nitrogens with one attached hydrogen (secondary N) is 1.